The van der Waals surface area contributed by atoms with Gasteiger partial charge in [0, 0.05) is 0 Å². The molecule has 6 heteroatoms. The van der Waals surface area contributed by atoms with Crippen LogP contribution in [-0.2, 0) is 4.84 Å². The Morgan fingerprint density at radius 3 is 2.94 bits per heavy atom. The fourth-order valence-corrected chi connectivity index (χ4v) is 1.62. The first-order valence-electron chi connectivity index (χ1n) is 4.39. The Labute approximate surface area is 95.1 Å². The van der Waals surface area contributed by atoms with Gasteiger partial charge in [-0.3, -0.25) is 0 Å². The van der Waals surface area contributed by atoms with E-state index in [2.05, 4.69) is 9.99 Å². The molecule has 2 aromatic heterocycles. The van der Waals surface area contributed by atoms with Crippen molar-refractivity contribution in [2.45, 2.75) is 0 Å². The standard InChI is InChI=1S/C10H8N2O3S/c11-9(8-4-2-6-16-8)12-15-10(13)7-3-1-5-14-7/h1-6H,(H2,11,12). The molecule has 0 aliphatic carbocycles. The van der Waals surface area contributed by atoms with Gasteiger partial charge >= 0.3 is 5.97 Å². The molecule has 0 aliphatic heterocycles. The third-order valence-corrected chi connectivity index (χ3v) is 2.62. The van der Waals surface area contributed by atoms with Crippen LogP contribution in [0.3, 0.4) is 0 Å². The zero-order chi connectivity index (χ0) is 11.4. The van der Waals surface area contributed by atoms with Gasteiger partial charge in [-0.25, -0.2) is 4.79 Å². The highest BCUT2D eigenvalue weighted by Gasteiger charge is 2.10. The zero-order valence-corrected chi connectivity index (χ0v) is 8.94. The second-order valence-electron chi connectivity index (χ2n) is 2.81. The van der Waals surface area contributed by atoms with Gasteiger partial charge in [0.2, 0.25) is 5.76 Å². The highest BCUT2D eigenvalue weighted by molar-refractivity contribution is 7.12. The van der Waals surface area contributed by atoms with Crippen molar-refractivity contribution >= 4 is 23.1 Å². The van der Waals surface area contributed by atoms with Crippen LogP contribution in [-0.4, -0.2) is 11.8 Å². The molecule has 0 unspecified atom stereocenters. The van der Waals surface area contributed by atoms with Crippen LogP contribution in [0, 0.1) is 0 Å². The number of rotatable bonds is 3. The summed E-state index contributed by atoms with van der Waals surface area (Å²) < 4.78 is 4.84. The van der Waals surface area contributed by atoms with Crippen LogP contribution in [0.25, 0.3) is 0 Å². The van der Waals surface area contributed by atoms with E-state index in [0.717, 1.165) is 4.88 Å². The van der Waals surface area contributed by atoms with Crippen molar-refractivity contribution in [1.82, 2.24) is 0 Å². The monoisotopic (exact) mass is 236 g/mol. The number of furan rings is 1. The number of carbonyl (C=O) groups excluding carboxylic acids is 1. The van der Waals surface area contributed by atoms with E-state index in [-0.39, 0.29) is 11.6 Å². The van der Waals surface area contributed by atoms with E-state index in [1.54, 1.807) is 12.1 Å². The minimum Gasteiger partial charge on any atom is -0.457 e. The Kier molecular flexibility index (Phi) is 3.02. The van der Waals surface area contributed by atoms with Gasteiger partial charge in [0.15, 0.2) is 5.84 Å². The normalized spacial score (nSPS) is 11.4. The molecule has 0 aromatic carbocycles. The van der Waals surface area contributed by atoms with Crippen molar-refractivity contribution < 1.29 is 14.0 Å². The summed E-state index contributed by atoms with van der Waals surface area (Å²) >= 11 is 1.41. The van der Waals surface area contributed by atoms with E-state index in [4.69, 9.17) is 10.2 Å². The quantitative estimate of drug-likeness (QED) is 0.381. The number of amidine groups is 1. The molecule has 5 nitrogen and oxygen atoms in total. The van der Waals surface area contributed by atoms with Gasteiger partial charge in [-0.2, -0.15) is 0 Å². The molecule has 0 spiro atoms. The minimum absolute atomic E-state index is 0.0859. The average molecular weight is 236 g/mol. The minimum atomic E-state index is -0.676. The molecule has 0 radical (unpaired) electrons. The van der Waals surface area contributed by atoms with Gasteiger partial charge in [-0.15, -0.1) is 11.3 Å². The van der Waals surface area contributed by atoms with Crippen LogP contribution in [0.2, 0.25) is 0 Å². The molecule has 16 heavy (non-hydrogen) atoms. The van der Waals surface area contributed by atoms with Gasteiger partial charge in [0.1, 0.15) is 0 Å². The molecule has 82 valence electrons. The highest BCUT2D eigenvalue weighted by atomic mass is 32.1. The van der Waals surface area contributed by atoms with Crippen molar-refractivity contribution in [2.24, 2.45) is 10.9 Å². The van der Waals surface area contributed by atoms with Gasteiger partial charge in [-0.1, -0.05) is 11.2 Å². The summed E-state index contributed by atoms with van der Waals surface area (Å²) in [6.45, 7) is 0. The lowest BCUT2D eigenvalue weighted by Crippen LogP contribution is -2.13. The molecule has 0 bridgehead atoms. The van der Waals surface area contributed by atoms with Crippen molar-refractivity contribution in [2.75, 3.05) is 0 Å². The van der Waals surface area contributed by atoms with E-state index in [0.29, 0.717) is 0 Å². The predicted molar refractivity (Wildman–Crippen MR) is 59.2 cm³/mol. The predicted octanol–water partition coefficient (Wildman–Crippen LogP) is 1.82. The van der Waals surface area contributed by atoms with Crippen LogP contribution in [0.5, 0.6) is 0 Å². The van der Waals surface area contributed by atoms with Crippen LogP contribution < -0.4 is 5.73 Å². The first-order chi connectivity index (χ1) is 7.77. The Morgan fingerprint density at radius 2 is 2.31 bits per heavy atom. The summed E-state index contributed by atoms with van der Waals surface area (Å²) in [7, 11) is 0. The molecule has 2 rings (SSSR count). The maximum Gasteiger partial charge on any atom is 0.400 e. The van der Waals surface area contributed by atoms with Gasteiger partial charge < -0.3 is 15.0 Å². The lowest BCUT2D eigenvalue weighted by Gasteiger charge is -1.96. The van der Waals surface area contributed by atoms with E-state index < -0.39 is 5.97 Å². The summed E-state index contributed by atoms with van der Waals surface area (Å²) in [4.78, 5) is 16.7. The second-order valence-corrected chi connectivity index (χ2v) is 3.76. The van der Waals surface area contributed by atoms with Crippen molar-refractivity contribution in [3.8, 4) is 0 Å². The van der Waals surface area contributed by atoms with Crippen LogP contribution >= 0.6 is 11.3 Å². The molecule has 0 saturated heterocycles. The zero-order valence-electron chi connectivity index (χ0n) is 8.12. The Morgan fingerprint density at radius 1 is 1.44 bits per heavy atom. The van der Waals surface area contributed by atoms with E-state index in [1.165, 1.54) is 23.7 Å². The summed E-state index contributed by atoms with van der Waals surface area (Å²) in [6.07, 6.45) is 1.38. The fourth-order valence-electron chi connectivity index (χ4n) is 1.000. The molecule has 0 saturated carbocycles. The van der Waals surface area contributed by atoms with E-state index in [9.17, 15) is 4.79 Å². The lowest BCUT2D eigenvalue weighted by atomic mass is 10.4. The van der Waals surface area contributed by atoms with Gasteiger partial charge in [0.25, 0.3) is 0 Å². The highest BCUT2D eigenvalue weighted by Crippen LogP contribution is 2.08. The number of thiophene rings is 1. The first kappa shape index (κ1) is 10.4. The molecule has 2 aromatic rings. The molecule has 0 aliphatic rings. The Bertz CT molecular complexity index is 488. The van der Waals surface area contributed by atoms with Crippen molar-refractivity contribution in [3.05, 3.63) is 46.5 Å². The summed E-state index contributed by atoms with van der Waals surface area (Å²) in [5.41, 5.74) is 5.59. The van der Waals surface area contributed by atoms with Gasteiger partial charge in [0.05, 0.1) is 11.1 Å². The molecular formula is C10H8N2O3S. The van der Waals surface area contributed by atoms with Gasteiger partial charge in [-0.05, 0) is 23.6 Å². The Balaban J connectivity index is 2.02. The largest absolute Gasteiger partial charge is 0.457 e. The van der Waals surface area contributed by atoms with Crippen molar-refractivity contribution in [1.29, 1.82) is 0 Å². The smallest absolute Gasteiger partial charge is 0.400 e. The third kappa shape index (κ3) is 2.29. The maximum atomic E-state index is 11.3. The van der Waals surface area contributed by atoms with Crippen molar-refractivity contribution in [3.63, 3.8) is 0 Å². The second kappa shape index (κ2) is 4.63. The molecule has 0 atom stereocenters. The topological polar surface area (TPSA) is 77.8 Å². The number of oxime groups is 1. The number of nitrogens with zero attached hydrogens (tertiary/aromatic N) is 1. The molecule has 2 heterocycles. The van der Waals surface area contributed by atoms with Crippen LogP contribution in [0.1, 0.15) is 15.4 Å². The van der Waals surface area contributed by atoms with Crippen LogP contribution in [0.4, 0.5) is 0 Å². The number of hydrogen-bond donors (Lipinski definition) is 1. The van der Waals surface area contributed by atoms with Crippen LogP contribution in [0.15, 0.2) is 45.5 Å². The molecule has 2 N–H and O–H groups in total. The van der Waals surface area contributed by atoms with E-state index >= 15 is 0 Å². The maximum absolute atomic E-state index is 11.3. The number of carbonyl (C=O) groups is 1. The number of hydrogen-bond acceptors (Lipinski definition) is 5. The lowest BCUT2D eigenvalue weighted by molar-refractivity contribution is 0.0479. The third-order valence-electron chi connectivity index (χ3n) is 1.72. The SMILES string of the molecule is N/C(=N\OC(=O)c1ccco1)c1cccs1. The molecule has 0 amide bonds. The summed E-state index contributed by atoms with van der Waals surface area (Å²) in [5, 5.41) is 5.37. The summed E-state index contributed by atoms with van der Waals surface area (Å²) in [6, 6.07) is 6.68. The van der Waals surface area contributed by atoms with E-state index in [1.807, 2.05) is 11.4 Å². The Hall–Kier alpha value is -2.08. The first-order valence-corrected chi connectivity index (χ1v) is 5.27. The molecular weight excluding hydrogens is 228 g/mol. The average Bonchev–Trinajstić information content (AvgIpc) is 2.95. The number of nitrogens with two attached hydrogens (primary N) is 1. The summed E-state index contributed by atoms with van der Waals surface area (Å²) in [5.74, 6) is -0.429. The molecule has 0 fully saturated rings. The fraction of sp³-hybridized carbons (Fsp3) is 0.